The maximum absolute atomic E-state index is 10.7. The van der Waals surface area contributed by atoms with Crippen LogP contribution in [0.5, 0.6) is 0 Å². The minimum Gasteiger partial charge on any atom is -0.787 e. The number of carbonyl (C=O) groups is 1. The number of carboxylic acids is 1. The standard InChI is InChI=1S/C13H12NO3/c15-13(16)12(14-17)8-9-5-6-10-3-1-2-4-11(10)7-9/h1-7,12,14H,8H2,(H,15,16)/q-1/t12-/m0/s1. The number of hydroxylamine groups is 1. The van der Waals surface area contributed by atoms with Crippen LogP contribution in [0.4, 0.5) is 0 Å². The molecule has 0 radical (unpaired) electrons. The topological polar surface area (TPSA) is 72.4 Å². The van der Waals surface area contributed by atoms with Crippen LogP contribution in [0.15, 0.2) is 42.5 Å². The molecule has 0 saturated heterocycles. The van der Waals surface area contributed by atoms with Crippen molar-refractivity contribution in [3.63, 3.8) is 0 Å². The maximum atomic E-state index is 10.7. The van der Waals surface area contributed by atoms with Crippen molar-refractivity contribution in [2.45, 2.75) is 12.5 Å². The van der Waals surface area contributed by atoms with Crippen LogP contribution < -0.4 is 5.48 Å². The molecule has 2 rings (SSSR count). The molecule has 2 aromatic rings. The van der Waals surface area contributed by atoms with Gasteiger partial charge in [-0.1, -0.05) is 42.5 Å². The average molecular weight is 230 g/mol. The molecule has 2 aromatic carbocycles. The molecule has 0 amide bonds. The first kappa shape index (κ1) is 11.6. The van der Waals surface area contributed by atoms with E-state index in [1.54, 1.807) is 5.48 Å². The summed E-state index contributed by atoms with van der Waals surface area (Å²) < 4.78 is 0. The molecule has 88 valence electrons. The summed E-state index contributed by atoms with van der Waals surface area (Å²) in [4.78, 5) is 10.7. The molecule has 0 bridgehead atoms. The first-order valence-electron chi connectivity index (χ1n) is 5.29. The van der Waals surface area contributed by atoms with Gasteiger partial charge in [0.05, 0.1) is 6.04 Å². The molecule has 0 unspecified atom stereocenters. The van der Waals surface area contributed by atoms with E-state index in [1.165, 1.54) is 0 Å². The second-order valence-electron chi connectivity index (χ2n) is 3.89. The highest BCUT2D eigenvalue weighted by Crippen LogP contribution is 2.16. The van der Waals surface area contributed by atoms with Crippen LogP contribution in [-0.4, -0.2) is 17.1 Å². The maximum Gasteiger partial charge on any atom is 0.320 e. The first-order valence-corrected chi connectivity index (χ1v) is 5.29. The van der Waals surface area contributed by atoms with E-state index < -0.39 is 12.0 Å². The third-order valence-corrected chi connectivity index (χ3v) is 2.69. The van der Waals surface area contributed by atoms with Crippen LogP contribution in [-0.2, 0) is 11.2 Å². The summed E-state index contributed by atoms with van der Waals surface area (Å²) in [6.07, 6.45) is 0.184. The van der Waals surface area contributed by atoms with Crippen molar-refractivity contribution in [1.29, 1.82) is 0 Å². The molecular weight excluding hydrogens is 218 g/mol. The highest BCUT2D eigenvalue weighted by molar-refractivity contribution is 5.83. The van der Waals surface area contributed by atoms with Crippen LogP contribution in [0, 0.1) is 5.21 Å². The normalized spacial score (nSPS) is 12.5. The zero-order chi connectivity index (χ0) is 12.3. The molecule has 0 aliphatic heterocycles. The van der Waals surface area contributed by atoms with Gasteiger partial charge in [-0.15, -0.1) is 0 Å². The molecule has 4 heteroatoms. The van der Waals surface area contributed by atoms with Crippen molar-refractivity contribution in [2.75, 3.05) is 0 Å². The number of nitrogens with one attached hydrogen (secondary N) is 1. The molecule has 0 aliphatic carbocycles. The van der Waals surface area contributed by atoms with Crippen molar-refractivity contribution in [1.82, 2.24) is 5.48 Å². The minimum absolute atomic E-state index is 0.184. The van der Waals surface area contributed by atoms with Gasteiger partial charge in [0.1, 0.15) is 0 Å². The Morgan fingerprint density at radius 2 is 1.94 bits per heavy atom. The third-order valence-electron chi connectivity index (χ3n) is 2.69. The van der Waals surface area contributed by atoms with E-state index in [4.69, 9.17) is 5.11 Å². The van der Waals surface area contributed by atoms with Crippen molar-refractivity contribution in [2.24, 2.45) is 0 Å². The van der Waals surface area contributed by atoms with Gasteiger partial charge in [-0.25, -0.2) is 0 Å². The Morgan fingerprint density at radius 1 is 1.24 bits per heavy atom. The van der Waals surface area contributed by atoms with Gasteiger partial charge >= 0.3 is 5.97 Å². The molecule has 17 heavy (non-hydrogen) atoms. The van der Waals surface area contributed by atoms with Crippen molar-refractivity contribution in [3.8, 4) is 0 Å². The number of rotatable bonds is 4. The molecule has 0 saturated carbocycles. The van der Waals surface area contributed by atoms with Crippen LogP contribution >= 0.6 is 0 Å². The molecule has 0 aliphatic rings. The van der Waals surface area contributed by atoms with E-state index >= 15 is 0 Å². The zero-order valence-corrected chi connectivity index (χ0v) is 9.09. The van der Waals surface area contributed by atoms with Gasteiger partial charge in [-0.3, -0.25) is 4.79 Å². The molecule has 0 spiro atoms. The second kappa shape index (κ2) is 4.95. The summed E-state index contributed by atoms with van der Waals surface area (Å²) in [6.45, 7) is 0. The Balaban J connectivity index is 2.27. The van der Waals surface area contributed by atoms with Crippen LogP contribution in [0.25, 0.3) is 10.8 Å². The number of fused-ring (bicyclic) bond motifs is 1. The van der Waals surface area contributed by atoms with Gasteiger partial charge in [-0.05, 0) is 22.8 Å². The molecule has 0 aromatic heterocycles. The SMILES string of the molecule is O=C(O)[C@H](Cc1ccc2ccccc2c1)N[O-]. The molecule has 4 nitrogen and oxygen atoms in total. The van der Waals surface area contributed by atoms with Gasteiger partial charge in [0.15, 0.2) is 0 Å². The molecular formula is C13H12NO3-. The Bertz CT molecular complexity index is 539. The lowest BCUT2D eigenvalue weighted by atomic mass is 10.0. The summed E-state index contributed by atoms with van der Waals surface area (Å²) in [7, 11) is 0. The molecule has 2 N–H and O–H groups in total. The lowest BCUT2D eigenvalue weighted by Crippen LogP contribution is -2.34. The monoisotopic (exact) mass is 230 g/mol. The largest absolute Gasteiger partial charge is 0.787 e. The number of benzene rings is 2. The van der Waals surface area contributed by atoms with E-state index in [2.05, 4.69) is 0 Å². The van der Waals surface area contributed by atoms with E-state index in [-0.39, 0.29) is 6.42 Å². The van der Waals surface area contributed by atoms with Crippen LogP contribution in [0.1, 0.15) is 5.56 Å². The number of hydrogen-bond donors (Lipinski definition) is 2. The fourth-order valence-corrected chi connectivity index (χ4v) is 1.78. The summed E-state index contributed by atoms with van der Waals surface area (Å²) in [5, 5.41) is 21.4. The summed E-state index contributed by atoms with van der Waals surface area (Å²) in [5.41, 5.74) is 2.38. The lowest BCUT2D eigenvalue weighted by Gasteiger charge is -2.17. The quantitative estimate of drug-likeness (QED) is 0.787. The van der Waals surface area contributed by atoms with Gasteiger partial charge in [0, 0.05) is 0 Å². The third kappa shape index (κ3) is 2.61. The second-order valence-corrected chi connectivity index (χ2v) is 3.89. The van der Waals surface area contributed by atoms with Crippen molar-refractivity contribution >= 4 is 16.7 Å². The summed E-state index contributed by atoms with van der Waals surface area (Å²) in [6, 6.07) is 12.4. The average Bonchev–Trinajstić information content (AvgIpc) is 2.35. The Hall–Kier alpha value is -1.91. The van der Waals surface area contributed by atoms with Gasteiger partial charge in [-0.2, -0.15) is 0 Å². The van der Waals surface area contributed by atoms with Gasteiger partial charge < -0.3 is 15.8 Å². The Morgan fingerprint density at radius 3 is 2.59 bits per heavy atom. The molecule has 0 fully saturated rings. The summed E-state index contributed by atoms with van der Waals surface area (Å²) >= 11 is 0. The number of hydrogen-bond acceptors (Lipinski definition) is 3. The van der Waals surface area contributed by atoms with Crippen LogP contribution in [0.3, 0.4) is 0 Å². The van der Waals surface area contributed by atoms with E-state index in [0.717, 1.165) is 16.3 Å². The lowest BCUT2D eigenvalue weighted by molar-refractivity contribution is -0.139. The predicted molar refractivity (Wildman–Crippen MR) is 65.6 cm³/mol. The zero-order valence-electron chi connectivity index (χ0n) is 9.09. The molecule has 1 atom stereocenters. The number of aliphatic carboxylic acids is 1. The summed E-state index contributed by atoms with van der Waals surface area (Å²) in [5.74, 6) is -1.13. The van der Waals surface area contributed by atoms with Crippen molar-refractivity contribution < 1.29 is 9.90 Å². The highest BCUT2D eigenvalue weighted by Gasteiger charge is 2.13. The molecule has 0 heterocycles. The fraction of sp³-hybridized carbons (Fsp3) is 0.154. The van der Waals surface area contributed by atoms with Crippen LogP contribution in [0.2, 0.25) is 0 Å². The van der Waals surface area contributed by atoms with E-state index in [1.807, 2.05) is 42.5 Å². The smallest absolute Gasteiger partial charge is 0.320 e. The number of carboxylic acid groups (broad SMARTS) is 1. The van der Waals surface area contributed by atoms with Gasteiger partial charge in [0.2, 0.25) is 0 Å². The fourth-order valence-electron chi connectivity index (χ4n) is 1.78. The van der Waals surface area contributed by atoms with Crippen molar-refractivity contribution in [3.05, 3.63) is 53.2 Å². The first-order chi connectivity index (χ1) is 8.20. The Labute approximate surface area is 98.5 Å². The van der Waals surface area contributed by atoms with E-state index in [9.17, 15) is 10.0 Å². The minimum atomic E-state index is -1.13. The highest BCUT2D eigenvalue weighted by atomic mass is 16.5. The predicted octanol–water partition coefficient (Wildman–Crippen LogP) is 1.92. The van der Waals surface area contributed by atoms with E-state index in [0.29, 0.717) is 0 Å². The van der Waals surface area contributed by atoms with Gasteiger partial charge in [0.25, 0.3) is 0 Å². The Kier molecular flexibility index (Phi) is 3.37.